The van der Waals surface area contributed by atoms with E-state index in [1.807, 2.05) is 24.7 Å². The van der Waals surface area contributed by atoms with E-state index in [0.29, 0.717) is 18.6 Å². The zero-order valence-electron chi connectivity index (χ0n) is 19.4. The fourth-order valence-corrected chi connectivity index (χ4v) is 4.81. The standard InChI is InChI=1S/C26H32N6O/c1-18(2)32-17-28-23-10-5-20-16-27-26(30-24(20)25(23)32)29-21-6-8-22(9-7-21)31-13-11-19(12-14-31)4-3-15-33/h5-10,16-19,33H,3-4,11-15H2,1-2H3,(H,27,29,30). The van der Waals surface area contributed by atoms with E-state index in [2.05, 4.69) is 62.9 Å². The molecule has 1 aliphatic rings. The molecule has 0 bridgehead atoms. The van der Waals surface area contributed by atoms with Gasteiger partial charge in [-0.2, -0.15) is 0 Å². The monoisotopic (exact) mass is 444 g/mol. The van der Waals surface area contributed by atoms with Crippen molar-refractivity contribution in [1.29, 1.82) is 0 Å². The highest BCUT2D eigenvalue weighted by Crippen LogP contribution is 2.29. The highest BCUT2D eigenvalue weighted by Gasteiger charge is 2.19. The second-order valence-electron chi connectivity index (χ2n) is 9.28. The van der Waals surface area contributed by atoms with Gasteiger partial charge in [0, 0.05) is 48.7 Å². The zero-order chi connectivity index (χ0) is 22.8. The molecule has 7 nitrogen and oxygen atoms in total. The van der Waals surface area contributed by atoms with Crippen molar-refractivity contribution in [2.24, 2.45) is 5.92 Å². The maximum absolute atomic E-state index is 9.05. The van der Waals surface area contributed by atoms with E-state index in [1.165, 1.54) is 18.5 Å². The van der Waals surface area contributed by atoms with Crippen LogP contribution in [-0.4, -0.2) is 44.3 Å². The van der Waals surface area contributed by atoms with E-state index in [4.69, 9.17) is 10.1 Å². The molecule has 0 spiro atoms. The number of nitrogens with one attached hydrogen (secondary N) is 1. The summed E-state index contributed by atoms with van der Waals surface area (Å²) in [5, 5.41) is 13.4. The van der Waals surface area contributed by atoms with Crippen molar-refractivity contribution < 1.29 is 5.11 Å². The Bertz CT molecular complexity index is 1220. The maximum atomic E-state index is 9.05. The highest BCUT2D eigenvalue weighted by atomic mass is 16.2. The Morgan fingerprint density at radius 3 is 2.58 bits per heavy atom. The lowest BCUT2D eigenvalue weighted by Crippen LogP contribution is -2.33. The van der Waals surface area contributed by atoms with Crippen molar-refractivity contribution in [3.63, 3.8) is 0 Å². The molecular formula is C26H32N6O. The number of hydrogen-bond acceptors (Lipinski definition) is 6. The van der Waals surface area contributed by atoms with Gasteiger partial charge in [-0.25, -0.2) is 15.0 Å². The molecule has 172 valence electrons. The Labute approximate surface area is 194 Å². The molecule has 0 amide bonds. The fourth-order valence-electron chi connectivity index (χ4n) is 4.81. The maximum Gasteiger partial charge on any atom is 0.227 e. The molecule has 0 saturated carbocycles. The number of piperidine rings is 1. The molecule has 7 heteroatoms. The van der Waals surface area contributed by atoms with Gasteiger partial charge in [-0.3, -0.25) is 0 Å². The van der Waals surface area contributed by atoms with Crippen LogP contribution in [0.15, 0.2) is 48.9 Å². The quantitative estimate of drug-likeness (QED) is 0.403. The Morgan fingerprint density at radius 2 is 1.85 bits per heavy atom. The molecule has 0 atom stereocenters. The van der Waals surface area contributed by atoms with Crippen molar-refractivity contribution in [3.05, 3.63) is 48.9 Å². The van der Waals surface area contributed by atoms with Crippen molar-refractivity contribution >= 4 is 39.3 Å². The number of rotatable bonds is 7. The summed E-state index contributed by atoms with van der Waals surface area (Å²) in [5.41, 5.74) is 5.14. The Morgan fingerprint density at radius 1 is 1.06 bits per heavy atom. The summed E-state index contributed by atoms with van der Waals surface area (Å²) in [6, 6.07) is 12.9. The van der Waals surface area contributed by atoms with Crippen LogP contribution in [0.1, 0.15) is 45.6 Å². The van der Waals surface area contributed by atoms with Crippen LogP contribution in [0.4, 0.5) is 17.3 Å². The summed E-state index contributed by atoms with van der Waals surface area (Å²) in [6.07, 6.45) is 8.23. The van der Waals surface area contributed by atoms with Gasteiger partial charge >= 0.3 is 0 Å². The molecule has 0 unspecified atom stereocenters. The van der Waals surface area contributed by atoms with Crippen LogP contribution in [0, 0.1) is 5.92 Å². The number of aromatic nitrogens is 4. The van der Waals surface area contributed by atoms with Gasteiger partial charge in [0.2, 0.25) is 5.95 Å². The zero-order valence-corrected chi connectivity index (χ0v) is 19.4. The lowest BCUT2D eigenvalue weighted by atomic mass is 9.92. The van der Waals surface area contributed by atoms with Crippen molar-refractivity contribution in [1.82, 2.24) is 19.5 Å². The highest BCUT2D eigenvalue weighted by molar-refractivity contribution is 6.02. The van der Waals surface area contributed by atoms with Crippen LogP contribution in [0.3, 0.4) is 0 Å². The molecule has 2 aromatic heterocycles. The first-order valence-electron chi connectivity index (χ1n) is 12.0. The van der Waals surface area contributed by atoms with Crippen LogP contribution in [0.25, 0.3) is 21.9 Å². The normalized spacial score (nSPS) is 15.1. The number of nitrogens with zero attached hydrogens (tertiary/aromatic N) is 5. The molecule has 3 heterocycles. The lowest BCUT2D eigenvalue weighted by molar-refractivity contribution is 0.261. The molecule has 0 radical (unpaired) electrons. The topological polar surface area (TPSA) is 79.1 Å². The number of anilines is 3. The SMILES string of the molecule is CC(C)n1cnc2ccc3cnc(Nc4ccc(N5CCC(CCCO)CC5)cc4)nc3c21. The fraction of sp³-hybridized carbons (Fsp3) is 0.423. The number of benzene rings is 2. The second-order valence-corrected chi connectivity index (χ2v) is 9.28. The molecule has 2 aromatic carbocycles. The average molecular weight is 445 g/mol. The third kappa shape index (κ3) is 4.50. The van der Waals surface area contributed by atoms with E-state index < -0.39 is 0 Å². The average Bonchev–Trinajstić information content (AvgIpc) is 3.29. The Hall–Kier alpha value is -3.19. The summed E-state index contributed by atoms with van der Waals surface area (Å²) in [5.74, 6) is 1.34. The van der Waals surface area contributed by atoms with Gasteiger partial charge in [0.1, 0.15) is 5.52 Å². The first-order valence-corrected chi connectivity index (χ1v) is 12.0. The van der Waals surface area contributed by atoms with E-state index in [9.17, 15) is 0 Å². The van der Waals surface area contributed by atoms with Gasteiger partial charge in [0.05, 0.1) is 17.4 Å². The minimum Gasteiger partial charge on any atom is -0.396 e. The molecule has 0 aliphatic carbocycles. The molecule has 2 N–H and O–H groups in total. The lowest BCUT2D eigenvalue weighted by Gasteiger charge is -2.33. The number of fused-ring (bicyclic) bond motifs is 3. The number of hydrogen-bond donors (Lipinski definition) is 2. The predicted octanol–water partition coefficient (Wildman–Crippen LogP) is 5.29. The van der Waals surface area contributed by atoms with Crippen LogP contribution < -0.4 is 10.2 Å². The predicted molar refractivity (Wildman–Crippen MR) is 134 cm³/mol. The third-order valence-electron chi connectivity index (χ3n) is 6.71. The first-order chi connectivity index (χ1) is 16.1. The van der Waals surface area contributed by atoms with Crippen LogP contribution in [-0.2, 0) is 0 Å². The summed E-state index contributed by atoms with van der Waals surface area (Å²) in [4.78, 5) is 16.4. The number of aliphatic hydroxyl groups excluding tert-OH is 1. The Kier molecular flexibility index (Phi) is 6.13. The van der Waals surface area contributed by atoms with Gasteiger partial charge in [0.25, 0.3) is 0 Å². The third-order valence-corrected chi connectivity index (χ3v) is 6.71. The van der Waals surface area contributed by atoms with Gasteiger partial charge in [0.15, 0.2) is 0 Å². The molecule has 4 aromatic rings. The summed E-state index contributed by atoms with van der Waals surface area (Å²) < 4.78 is 2.16. The minimum absolute atomic E-state index is 0.305. The van der Waals surface area contributed by atoms with E-state index in [0.717, 1.165) is 59.5 Å². The minimum atomic E-state index is 0.305. The first kappa shape index (κ1) is 21.6. The second kappa shape index (κ2) is 9.35. The molecule has 1 aliphatic heterocycles. The molecule has 5 rings (SSSR count). The summed E-state index contributed by atoms with van der Waals surface area (Å²) >= 11 is 0. The van der Waals surface area contributed by atoms with Gasteiger partial charge in [-0.15, -0.1) is 0 Å². The van der Waals surface area contributed by atoms with E-state index >= 15 is 0 Å². The summed E-state index contributed by atoms with van der Waals surface area (Å²) in [6.45, 7) is 6.77. The van der Waals surface area contributed by atoms with Crippen LogP contribution in [0.2, 0.25) is 0 Å². The smallest absolute Gasteiger partial charge is 0.227 e. The van der Waals surface area contributed by atoms with Gasteiger partial charge < -0.3 is 19.9 Å². The van der Waals surface area contributed by atoms with Crippen LogP contribution >= 0.6 is 0 Å². The molecule has 33 heavy (non-hydrogen) atoms. The molecular weight excluding hydrogens is 412 g/mol. The number of imidazole rings is 1. The van der Waals surface area contributed by atoms with E-state index in [-0.39, 0.29) is 0 Å². The van der Waals surface area contributed by atoms with Gasteiger partial charge in [-0.05, 0) is 81.8 Å². The van der Waals surface area contributed by atoms with Gasteiger partial charge in [-0.1, -0.05) is 0 Å². The van der Waals surface area contributed by atoms with Crippen molar-refractivity contribution in [3.8, 4) is 0 Å². The summed E-state index contributed by atoms with van der Waals surface area (Å²) in [7, 11) is 0. The number of aliphatic hydroxyl groups is 1. The largest absolute Gasteiger partial charge is 0.396 e. The van der Waals surface area contributed by atoms with Crippen LogP contribution in [0.5, 0.6) is 0 Å². The van der Waals surface area contributed by atoms with Crippen molar-refractivity contribution in [2.45, 2.75) is 45.6 Å². The van der Waals surface area contributed by atoms with E-state index in [1.54, 1.807) is 0 Å². The van der Waals surface area contributed by atoms with Crippen molar-refractivity contribution in [2.75, 3.05) is 29.9 Å². The molecule has 1 saturated heterocycles. The molecule has 1 fully saturated rings. The Balaban J connectivity index is 1.32.